The summed E-state index contributed by atoms with van der Waals surface area (Å²) in [7, 11) is 1.44. The maximum atomic E-state index is 13.1. The molecule has 0 amide bonds. The van der Waals surface area contributed by atoms with E-state index in [1.807, 2.05) is 48.5 Å². The fourth-order valence-corrected chi connectivity index (χ4v) is 5.21. The molecule has 0 bridgehead atoms. The molecule has 208 valence electrons. The minimum Gasteiger partial charge on any atom is -0.462 e. The Kier molecular flexibility index (Phi) is 7.61. The third kappa shape index (κ3) is 5.31. The summed E-state index contributed by atoms with van der Waals surface area (Å²) in [6, 6.07) is 22.1. The molecule has 0 radical (unpaired) electrons. The molecular weight excluding hydrogens is 512 g/mol. The molecule has 2 N–H and O–H groups in total. The number of aliphatic hydroxyl groups is 2. The van der Waals surface area contributed by atoms with Crippen molar-refractivity contribution in [2.45, 2.75) is 57.4 Å². The Hall–Kier alpha value is -3.82. The number of rotatable bonds is 7. The first kappa shape index (κ1) is 27.7. The lowest BCUT2D eigenvalue weighted by atomic mass is 9.89. The molecule has 4 aromatic rings. The Bertz CT molecular complexity index is 1590. The number of fused-ring (bicyclic) bond motifs is 1. The van der Waals surface area contributed by atoms with Crippen LogP contribution in [0.25, 0.3) is 22.1 Å². The summed E-state index contributed by atoms with van der Waals surface area (Å²) < 4.78 is 22.8. The smallest absolute Gasteiger partial charge is 0.339 e. The van der Waals surface area contributed by atoms with Crippen molar-refractivity contribution in [1.29, 1.82) is 0 Å². The molecule has 0 saturated carbocycles. The van der Waals surface area contributed by atoms with E-state index < -0.39 is 35.8 Å². The van der Waals surface area contributed by atoms with Crippen molar-refractivity contribution < 1.29 is 33.6 Å². The lowest BCUT2D eigenvalue weighted by molar-refractivity contribution is -0.306. The van der Waals surface area contributed by atoms with E-state index in [2.05, 4.69) is 0 Å². The number of aliphatic hydroxyl groups excluding tert-OH is 2. The second-order valence-corrected chi connectivity index (χ2v) is 10.6. The number of benzene rings is 3. The SMILES string of the molecule is CO[C@@H]1[C@@H](O)[C@@H](O)[C@H](Oc2ccc3cc(CC(=O)c4cccc(-c5ccccc5)c4)c(=O)oc3c2C)OC1(C)C. The van der Waals surface area contributed by atoms with Gasteiger partial charge in [0.1, 0.15) is 29.6 Å². The van der Waals surface area contributed by atoms with Crippen molar-refractivity contribution in [3.8, 4) is 16.9 Å². The van der Waals surface area contributed by atoms with Crippen LogP contribution < -0.4 is 10.4 Å². The van der Waals surface area contributed by atoms with Gasteiger partial charge in [-0.1, -0.05) is 48.5 Å². The second-order valence-electron chi connectivity index (χ2n) is 10.6. The highest BCUT2D eigenvalue weighted by molar-refractivity contribution is 5.99. The standard InChI is InChI=1S/C32H32O8/c1-18-25(38-31-27(35)26(34)29(37-4)32(2,3)40-31)14-13-22-16-23(30(36)39-28(18)22)17-24(33)21-12-8-11-20(15-21)19-9-6-5-7-10-19/h5-16,26-27,29,31,34-35H,17H2,1-4H3/t26-,27+,29+,31+/m0/s1. The summed E-state index contributed by atoms with van der Waals surface area (Å²) in [4.78, 5) is 26.0. The van der Waals surface area contributed by atoms with Gasteiger partial charge < -0.3 is 28.8 Å². The van der Waals surface area contributed by atoms with Crippen LogP contribution in [0.1, 0.15) is 35.3 Å². The average Bonchev–Trinajstić information content (AvgIpc) is 2.94. The van der Waals surface area contributed by atoms with Gasteiger partial charge in [0.05, 0.1) is 5.60 Å². The Morgan fingerprint density at radius 2 is 1.68 bits per heavy atom. The molecule has 1 saturated heterocycles. The minimum absolute atomic E-state index is 0.108. The number of ether oxygens (including phenoxy) is 3. The Morgan fingerprint density at radius 3 is 2.40 bits per heavy atom. The molecule has 3 aromatic carbocycles. The molecule has 5 rings (SSSR count). The van der Waals surface area contributed by atoms with Gasteiger partial charge in [-0.05, 0) is 56.2 Å². The monoisotopic (exact) mass is 544 g/mol. The number of hydrogen-bond donors (Lipinski definition) is 2. The summed E-state index contributed by atoms with van der Waals surface area (Å²) in [5, 5.41) is 21.7. The maximum absolute atomic E-state index is 13.1. The average molecular weight is 545 g/mol. The van der Waals surface area contributed by atoms with Gasteiger partial charge in [-0.3, -0.25) is 4.79 Å². The lowest BCUT2D eigenvalue weighted by Crippen LogP contribution is -2.63. The van der Waals surface area contributed by atoms with E-state index in [9.17, 15) is 19.8 Å². The first-order chi connectivity index (χ1) is 19.1. The van der Waals surface area contributed by atoms with Crippen molar-refractivity contribution in [2.75, 3.05) is 7.11 Å². The quantitative estimate of drug-likeness (QED) is 0.259. The predicted octanol–water partition coefficient (Wildman–Crippen LogP) is 4.44. The molecule has 0 aliphatic carbocycles. The molecule has 1 aliphatic rings. The topological polar surface area (TPSA) is 115 Å². The van der Waals surface area contributed by atoms with Crippen molar-refractivity contribution in [3.63, 3.8) is 0 Å². The minimum atomic E-state index is -1.37. The van der Waals surface area contributed by atoms with Gasteiger partial charge in [-0.15, -0.1) is 0 Å². The Morgan fingerprint density at radius 1 is 0.950 bits per heavy atom. The van der Waals surface area contributed by atoms with Crippen LogP contribution in [0, 0.1) is 6.92 Å². The maximum Gasteiger partial charge on any atom is 0.339 e. The normalized spacial score (nSPS) is 22.2. The highest BCUT2D eigenvalue weighted by atomic mass is 16.7. The largest absolute Gasteiger partial charge is 0.462 e. The summed E-state index contributed by atoms with van der Waals surface area (Å²) >= 11 is 0. The molecule has 1 aromatic heterocycles. The first-order valence-electron chi connectivity index (χ1n) is 13.1. The molecule has 1 aliphatic heterocycles. The predicted molar refractivity (Wildman–Crippen MR) is 150 cm³/mol. The number of Topliss-reactive ketones (excluding diaryl/α,β-unsaturated/α-hetero) is 1. The van der Waals surface area contributed by atoms with Crippen molar-refractivity contribution in [3.05, 3.63) is 99.9 Å². The van der Waals surface area contributed by atoms with Crippen molar-refractivity contribution in [2.24, 2.45) is 0 Å². The Balaban J connectivity index is 1.38. The van der Waals surface area contributed by atoms with Gasteiger partial charge in [0, 0.05) is 35.6 Å². The molecule has 40 heavy (non-hydrogen) atoms. The number of carbonyl (C=O) groups is 1. The summed E-state index contributed by atoms with van der Waals surface area (Å²) in [6.45, 7) is 5.19. The van der Waals surface area contributed by atoms with Crippen LogP contribution in [0.5, 0.6) is 5.75 Å². The lowest BCUT2D eigenvalue weighted by Gasteiger charge is -2.46. The summed E-state index contributed by atoms with van der Waals surface area (Å²) in [5.41, 5.74) is 1.93. The molecule has 2 heterocycles. The van der Waals surface area contributed by atoms with Crippen molar-refractivity contribution in [1.82, 2.24) is 0 Å². The van der Waals surface area contributed by atoms with E-state index in [1.165, 1.54) is 7.11 Å². The first-order valence-corrected chi connectivity index (χ1v) is 13.1. The van der Waals surface area contributed by atoms with Crippen LogP contribution in [-0.2, 0) is 15.9 Å². The Labute approximate surface area is 231 Å². The van der Waals surface area contributed by atoms with Gasteiger partial charge in [0.25, 0.3) is 0 Å². The van der Waals surface area contributed by atoms with E-state index >= 15 is 0 Å². The van der Waals surface area contributed by atoms with Crippen LogP contribution in [0.2, 0.25) is 0 Å². The third-order valence-electron chi connectivity index (χ3n) is 7.36. The van der Waals surface area contributed by atoms with E-state index in [4.69, 9.17) is 18.6 Å². The number of methoxy groups -OCH3 is 1. The number of ketones is 1. The van der Waals surface area contributed by atoms with Crippen molar-refractivity contribution >= 4 is 16.8 Å². The number of carbonyl (C=O) groups excluding carboxylic acids is 1. The highest BCUT2D eigenvalue weighted by Gasteiger charge is 2.50. The zero-order chi connectivity index (χ0) is 28.6. The fraction of sp³-hybridized carbons (Fsp3) is 0.312. The zero-order valence-corrected chi connectivity index (χ0v) is 22.8. The van der Waals surface area contributed by atoms with E-state index in [1.54, 1.807) is 45.0 Å². The molecule has 4 atom stereocenters. The third-order valence-corrected chi connectivity index (χ3v) is 7.36. The summed E-state index contributed by atoms with van der Waals surface area (Å²) in [5.74, 6) is 0.125. The highest BCUT2D eigenvalue weighted by Crippen LogP contribution is 2.35. The molecule has 0 spiro atoms. The van der Waals surface area contributed by atoms with Gasteiger partial charge in [-0.25, -0.2) is 4.79 Å². The summed E-state index contributed by atoms with van der Waals surface area (Å²) in [6.07, 6.45) is -4.63. The van der Waals surface area contributed by atoms with Gasteiger partial charge >= 0.3 is 5.63 Å². The van der Waals surface area contributed by atoms with Crippen LogP contribution in [0.4, 0.5) is 0 Å². The van der Waals surface area contributed by atoms with Crippen LogP contribution in [0.15, 0.2) is 82.0 Å². The van der Waals surface area contributed by atoms with E-state index in [0.717, 1.165) is 11.1 Å². The molecular formula is C32H32O8. The van der Waals surface area contributed by atoms with Crippen LogP contribution >= 0.6 is 0 Å². The number of aryl methyl sites for hydroxylation is 1. The van der Waals surface area contributed by atoms with Crippen LogP contribution in [-0.4, -0.2) is 53.3 Å². The zero-order valence-electron chi connectivity index (χ0n) is 22.8. The second kappa shape index (κ2) is 11.0. The molecule has 8 nitrogen and oxygen atoms in total. The van der Waals surface area contributed by atoms with Gasteiger partial charge in [0.15, 0.2) is 5.78 Å². The molecule has 8 heteroatoms. The van der Waals surface area contributed by atoms with Gasteiger partial charge in [0.2, 0.25) is 6.29 Å². The molecule has 1 fully saturated rings. The number of hydrogen-bond acceptors (Lipinski definition) is 8. The molecule has 0 unspecified atom stereocenters. The van der Waals surface area contributed by atoms with Gasteiger partial charge in [-0.2, -0.15) is 0 Å². The van der Waals surface area contributed by atoms with E-state index in [0.29, 0.717) is 27.8 Å². The van der Waals surface area contributed by atoms with E-state index in [-0.39, 0.29) is 17.8 Å². The fourth-order valence-electron chi connectivity index (χ4n) is 5.21. The van der Waals surface area contributed by atoms with Crippen LogP contribution in [0.3, 0.4) is 0 Å².